The van der Waals surface area contributed by atoms with Gasteiger partial charge in [0.05, 0.1) is 0 Å². The number of hydrogen-bond acceptors (Lipinski definition) is 3. The second kappa shape index (κ2) is 4.46. The van der Waals surface area contributed by atoms with Gasteiger partial charge in [-0.15, -0.1) is 0 Å². The maximum Gasteiger partial charge on any atom is 0.387 e. The Balaban J connectivity index is 3.29. The maximum absolute atomic E-state index is 13.0. The topological polar surface area (TPSA) is 43.4 Å². The van der Waals surface area contributed by atoms with Crippen molar-refractivity contribution in [2.45, 2.75) is 11.5 Å². The summed E-state index contributed by atoms with van der Waals surface area (Å²) in [4.78, 5) is -1.41. The largest absolute Gasteiger partial charge is 0.435 e. The van der Waals surface area contributed by atoms with Crippen LogP contribution in [-0.4, -0.2) is 15.0 Å². The van der Waals surface area contributed by atoms with E-state index in [0.717, 1.165) is 0 Å². The molecular weight excluding hydrogens is 276 g/mol. The SMILES string of the molecule is O=S(=O)(Cl)c1c(F)cc(OC(F)F)cc1F. The molecule has 0 fully saturated rings. The van der Waals surface area contributed by atoms with E-state index in [1.54, 1.807) is 0 Å². The van der Waals surface area contributed by atoms with E-state index < -0.39 is 37.9 Å². The van der Waals surface area contributed by atoms with Gasteiger partial charge in [-0.1, -0.05) is 0 Å². The van der Waals surface area contributed by atoms with Gasteiger partial charge in [0.25, 0.3) is 9.05 Å². The fourth-order valence-corrected chi connectivity index (χ4v) is 1.97. The molecule has 0 saturated heterocycles. The summed E-state index contributed by atoms with van der Waals surface area (Å²) in [6.45, 7) is -3.28. The Morgan fingerprint density at radius 2 is 1.62 bits per heavy atom. The van der Waals surface area contributed by atoms with Crippen molar-refractivity contribution in [3.63, 3.8) is 0 Å². The number of benzene rings is 1. The van der Waals surface area contributed by atoms with Crippen LogP contribution in [0.2, 0.25) is 0 Å². The van der Waals surface area contributed by atoms with Gasteiger partial charge in [-0.3, -0.25) is 0 Å². The highest BCUT2D eigenvalue weighted by Gasteiger charge is 2.23. The molecule has 3 nitrogen and oxygen atoms in total. The molecule has 1 rings (SSSR count). The molecule has 0 aliphatic rings. The first kappa shape index (κ1) is 13.0. The van der Waals surface area contributed by atoms with E-state index in [0.29, 0.717) is 12.1 Å². The van der Waals surface area contributed by atoms with Crippen molar-refractivity contribution in [3.05, 3.63) is 23.8 Å². The molecule has 1 aromatic rings. The van der Waals surface area contributed by atoms with Gasteiger partial charge in [0, 0.05) is 22.8 Å². The fraction of sp³-hybridized carbons (Fsp3) is 0.143. The van der Waals surface area contributed by atoms with E-state index in [1.165, 1.54) is 0 Å². The maximum atomic E-state index is 13.0. The van der Waals surface area contributed by atoms with Gasteiger partial charge < -0.3 is 4.74 Å². The van der Waals surface area contributed by atoms with Crippen LogP contribution >= 0.6 is 10.7 Å². The molecule has 1 aromatic carbocycles. The average molecular weight is 279 g/mol. The van der Waals surface area contributed by atoms with Crippen molar-refractivity contribution in [1.29, 1.82) is 0 Å². The summed E-state index contributed by atoms with van der Waals surface area (Å²) in [5, 5.41) is 0. The third-order valence-corrected chi connectivity index (χ3v) is 2.78. The van der Waals surface area contributed by atoms with Crippen molar-refractivity contribution in [3.8, 4) is 5.75 Å². The molecule has 90 valence electrons. The predicted molar refractivity (Wildman–Crippen MR) is 46.0 cm³/mol. The lowest BCUT2D eigenvalue weighted by molar-refractivity contribution is -0.0502. The monoisotopic (exact) mass is 278 g/mol. The minimum atomic E-state index is -4.63. The van der Waals surface area contributed by atoms with Crippen molar-refractivity contribution in [2.75, 3.05) is 0 Å². The third kappa shape index (κ3) is 2.99. The lowest BCUT2D eigenvalue weighted by atomic mass is 10.3. The second-order valence-corrected chi connectivity index (χ2v) is 5.04. The zero-order chi connectivity index (χ0) is 12.5. The van der Waals surface area contributed by atoms with Crippen LogP contribution in [0.15, 0.2) is 17.0 Å². The minimum absolute atomic E-state index is 0.296. The van der Waals surface area contributed by atoms with Gasteiger partial charge in [0.2, 0.25) is 0 Å². The van der Waals surface area contributed by atoms with Crippen molar-refractivity contribution in [1.82, 2.24) is 0 Å². The molecule has 0 aliphatic heterocycles. The first-order chi connectivity index (χ1) is 7.21. The Labute approximate surface area is 92.0 Å². The number of alkyl halides is 2. The Hall–Kier alpha value is -1.02. The molecule has 0 amide bonds. The lowest BCUT2D eigenvalue weighted by Gasteiger charge is -2.06. The van der Waals surface area contributed by atoms with Crippen molar-refractivity contribution >= 4 is 19.7 Å². The van der Waals surface area contributed by atoms with Crippen LogP contribution in [0, 0.1) is 11.6 Å². The smallest absolute Gasteiger partial charge is 0.387 e. The van der Waals surface area contributed by atoms with E-state index in [9.17, 15) is 26.0 Å². The van der Waals surface area contributed by atoms with Gasteiger partial charge in [0.1, 0.15) is 17.4 Å². The molecule has 9 heteroatoms. The second-order valence-electron chi connectivity index (χ2n) is 2.53. The van der Waals surface area contributed by atoms with Crippen LogP contribution in [0.1, 0.15) is 0 Å². The minimum Gasteiger partial charge on any atom is -0.435 e. The first-order valence-electron chi connectivity index (χ1n) is 3.60. The first-order valence-corrected chi connectivity index (χ1v) is 5.91. The normalized spacial score (nSPS) is 11.9. The Kier molecular flexibility index (Phi) is 3.64. The number of rotatable bonds is 3. The Morgan fingerprint density at radius 1 is 1.19 bits per heavy atom. The zero-order valence-corrected chi connectivity index (χ0v) is 8.83. The molecule has 0 aliphatic carbocycles. The van der Waals surface area contributed by atoms with Crippen LogP contribution in [0.3, 0.4) is 0 Å². The summed E-state index contributed by atoms with van der Waals surface area (Å²) in [5.74, 6) is -4.05. The summed E-state index contributed by atoms with van der Waals surface area (Å²) in [5.41, 5.74) is 0. The van der Waals surface area contributed by atoms with Crippen LogP contribution < -0.4 is 4.74 Å². The summed E-state index contributed by atoms with van der Waals surface area (Å²) >= 11 is 0. The summed E-state index contributed by atoms with van der Waals surface area (Å²) in [6.07, 6.45) is 0. The fourth-order valence-electron chi connectivity index (χ4n) is 0.940. The quantitative estimate of drug-likeness (QED) is 0.630. The molecule has 0 atom stereocenters. The molecular formula is C7H3ClF4O3S. The van der Waals surface area contributed by atoms with E-state index >= 15 is 0 Å². The molecule has 0 aromatic heterocycles. The molecule has 0 bridgehead atoms. The van der Waals surface area contributed by atoms with Gasteiger partial charge in [-0.2, -0.15) is 8.78 Å². The van der Waals surface area contributed by atoms with Crippen LogP contribution in [-0.2, 0) is 9.05 Å². The predicted octanol–water partition coefficient (Wildman–Crippen LogP) is 2.49. The van der Waals surface area contributed by atoms with Gasteiger partial charge in [-0.05, 0) is 0 Å². The van der Waals surface area contributed by atoms with Gasteiger partial charge in [-0.25, -0.2) is 17.2 Å². The van der Waals surface area contributed by atoms with Crippen molar-refractivity contribution < 1.29 is 30.7 Å². The molecule has 0 N–H and O–H groups in total. The molecule has 0 heterocycles. The summed E-state index contributed by atoms with van der Waals surface area (Å²) in [6, 6.07) is 0.592. The Morgan fingerprint density at radius 3 is 1.94 bits per heavy atom. The highest BCUT2D eigenvalue weighted by molar-refractivity contribution is 8.13. The van der Waals surface area contributed by atoms with E-state index in [2.05, 4.69) is 4.74 Å². The van der Waals surface area contributed by atoms with Gasteiger partial charge in [0.15, 0.2) is 4.90 Å². The lowest BCUT2D eigenvalue weighted by Crippen LogP contribution is -2.05. The molecule has 0 radical (unpaired) electrons. The Bertz CT molecular complexity index is 479. The summed E-state index contributed by atoms with van der Waals surface area (Å²) < 4.78 is 74.6. The van der Waals surface area contributed by atoms with E-state index in [-0.39, 0.29) is 0 Å². The molecule has 0 unspecified atom stereocenters. The van der Waals surface area contributed by atoms with E-state index in [1.807, 2.05) is 0 Å². The highest BCUT2D eigenvalue weighted by atomic mass is 35.7. The van der Waals surface area contributed by atoms with E-state index in [4.69, 9.17) is 10.7 Å². The molecule has 0 saturated carbocycles. The number of ether oxygens (including phenoxy) is 1. The average Bonchev–Trinajstić information content (AvgIpc) is 1.96. The number of halogens is 5. The molecule has 0 spiro atoms. The third-order valence-electron chi connectivity index (χ3n) is 1.44. The van der Waals surface area contributed by atoms with Crippen molar-refractivity contribution in [2.24, 2.45) is 0 Å². The highest BCUT2D eigenvalue weighted by Crippen LogP contribution is 2.27. The number of hydrogen-bond donors (Lipinski definition) is 0. The molecule has 16 heavy (non-hydrogen) atoms. The van der Waals surface area contributed by atoms with Crippen LogP contribution in [0.5, 0.6) is 5.75 Å². The zero-order valence-electron chi connectivity index (χ0n) is 7.25. The van der Waals surface area contributed by atoms with Gasteiger partial charge >= 0.3 is 6.61 Å². The van der Waals surface area contributed by atoms with Crippen LogP contribution in [0.4, 0.5) is 17.6 Å². The van der Waals surface area contributed by atoms with Crippen LogP contribution in [0.25, 0.3) is 0 Å². The standard InChI is InChI=1S/C7H3ClF4O3S/c8-16(13,14)6-4(9)1-3(2-5(6)10)15-7(11)12/h1-2,7H. The summed E-state index contributed by atoms with van der Waals surface area (Å²) in [7, 11) is 0.100.